The van der Waals surface area contributed by atoms with Crippen molar-refractivity contribution in [2.75, 3.05) is 5.73 Å². The summed E-state index contributed by atoms with van der Waals surface area (Å²) in [4.78, 5) is 18.0. The molecule has 7 heteroatoms. The number of nitrogen functional groups attached to an aromatic ring is 1. The quantitative estimate of drug-likeness (QED) is 0.655. The van der Waals surface area contributed by atoms with Gasteiger partial charge in [0, 0.05) is 42.3 Å². The van der Waals surface area contributed by atoms with E-state index in [9.17, 15) is 10.1 Å². The number of nitro groups is 1. The van der Waals surface area contributed by atoms with Crippen LogP contribution in [0.2, 0.25) is 0 Å². The molecule has 21 heavy (non-hydrogen) atoms. The van der Waals surface area contributed by atoms with Crippen LogP contribution in [0.5, 0.6) is 0 Å². The van der Waals surface area contributed by atoms with Crippen LogP contribution < -0.4 is 5.73 Å². The lowest BCUT2D eigenvalue weighted by Gasteiger charge is -2.21. The molecule has 0 unspecified atom stereocenters. The van der Waals surface area contributed by atoms with Crippen LogP contribution >= 0.6 is 11.3 Å². The molecule has 0 radical (unpaired) electrons. The minimum atomic E-state index is -0.352. The third kappa shape index (κ3) is 3.56. The van der Waals surface area contributed by atoms with Crippen molar-refractivity contribution >= 4 is 22.2 Å². The zero-order chi connectivity index (χ0) is 14.8. The Kier molecular flexibility index (Phi) is 3.85. The summed E-state index contributed by atoms with van der Waals surface area (Å²) in [5, 5.41) is 11.4. The topological polar surface area (TPSA) is 85.3 Å². The Bertz CT molecular complexity index is 654. The monoisotopic (exact) mass is 304 g/mol. The molecule has 0 aliphatic heterocycles. The lowest BCUT2D eigenvalue weighted by Crippen LogP contribution is -2.24. The molecule has 2 N–H and O–H groups in total. The van der Waals surface area contributed by atoms with Gasteiger partial charge in [0.2, 0.25) is 0 Å². The molecule has 3 rings (SSSR count). The van der Waals surface area contributed by atoms with E-state index in [1.165, 1.54) is 30.2 Å². The maximum atomic E-state index is 10.9. The largest absolute Gasteiger partial charge is 0.375 e. The molecule has 1 saturated carbocycles. The van der Waals surface area contributed by atoms with E-state index in [0.29, 0.717) is 17.7 Å². The van der Waals surface area contributed by atoms with E-state index in [2.05, 4.69) is 9.88 Å². The third-order valence-corrected chi connectivity index (χ3v) is 4.31. The highest BCUT2D eigenvalue weighted by atomic mass is 32.1. The summed E-state index contributed by atoms with van der Waals surface area (Å²) < 4.78 is 0. The van der Waals surface area contributed by atoms with Gasteiger partial charge in [0.25, 0.3) is 5.69 Å². The smallest absolute Gasteiger partial charge is 0.269 e. The van der Waals surface area contributed by atoms with Crippen molar-refractivity contribution in [1.29, 1.82) is 0 Å². The molecule has 2 aromatic rings. The van der Waals surface area contributed by atoms with Crippen LogP contribution in [-0.4, -0.2) is 20.8 Å². The summed E-state index contributed by atoms with van der Waals surface area (Å²) in [5.74, 6) is 0. The molecule has 1 aliphatic carbocycles. The second kappa shape index (κ2) is 5.79. The van der Waals surface area contributed by atoms with Crippen molar-refractivity contribution in [2.45, 2.75) is 32.0 Å². The van der Waals surface area contributed by atoms with E-state index in [-0.39, 0.29) is 10.6 Å². The predicted octanol–water partition coefficient (Wildman–Crippen LogP) is 2.80. The van der Waals surface area contributed by atoms with Crippen LogP contribution in [0.25, 0.3) is 0 Å². The van der Waals surface area contributed by atoms with Gasteiger partial charge in [-0.2, -0.15) is 0 Å². The molecule has 1 fully saturated rings. The molecule has 0 atom stereocenters. The Balaban J connectivity index is 1.73. The minimum Gasteiger partial charge on any atom is -0.375 e. The normalized spacial score (nSPS) is 14.5. The first-order valence-electron chi connectivity index (χ1n) is 6.79. The number of benzene rings is 1. The molecular weight excluding hydrogens is 288 g/mol. The lowest BCUT2D eigenvalue weighted by atomic mass is 10.2. The number of nitrogens with zero attached hydrogens (tertiary/aromatic N) is 3. The number of anilines is 1. The fraction of sp³-hybridized carbons (Fsp3) is 0.357. The molecule has 0 saturated heterocycles. The molecule has 1 aromatic heterocycles. The van der Waals surface area contributed by atoms with Crippen LogP contribution in [0, 0.1) is 10.1 Å². The zero-order valence-electron chi connectivity index (χ0n) is 11.4. The van der Waals surface area contributed by atoms with Gasteiger partial charge in [-0.3, -0.25) is 15.0 Å². The van der Waals surface area contributed by atoms with E-state index in [0.717, 1.165) is 17.0 Å². The van der Waals surface area contributed by atoms with Crippen LogP contribution in [0.3, 0.4) is 0 Å². The molecule has 0 spiro atoms. The first-order valence-corrected chi connectivity index (χ1v) is 7.61. The maximum Gasteiger partial charge on any atom is 0.269 e. The van der Waals surface area contributed by atoms with E-state index in [1.54, 1.807) is 12.1 Å². The number of aromatic nitrogens is 1. The Hall–Kier alpha value is -1.99. The molecule has 0 bridgehead atoms. The molecular formula is C14H16N4O2S. The number of hydrogen-bond donors (Lipinski definition) is 1. The highest BCUT2D eigenvalue weighted by Crippen LogP contribution is 2.31. The average Bonchev–Trinajstić information content (AvgIpc) is 3.22. The first-order chi connectivity index (χ1) is 10.1. The van der Waals surface area contributed by atoms with Crippen molar-refractivity contribution in [1.82, 2.24) is 9.88 Å². The summed E-state index contributed by atoms with van der Waals surface area (Å²) in [5.41, 5.74) is 6.78. The molecule has 1 heterocycles. The summed E-state index contributed by atoms with van der Waals surface area (Å²) >= 11 is 1.50. The Labute approximate surface area is 126 Å². The number of thiazole rings is 1. The standard InChI is InChI=1S/C14H16N4O2S/c15-14-16-7-13(21-14)9-17(11-4-5-11)8-10-2-1-3-12(6-10)18(19)20/h1-3,6-7,11H,4-5,8-9H2,(H2,15,16). The Morgan fingerprint density at radius 1 is 1.43 bits per heavy atom. The number of nitro benzene ring substituents is 1. The van der Waals surface area contributed by atoms with Crippen molar-refractivity contribution in [3.8, 4) is 0 Å². The molecule has 1 aromatic carbocycles. The SMILES string of the molecule is Nc1ncc(CN(Cc2cccc([N+](=O)[O-])c2)C2CC2)s1. The van der Waals surface area contributed by atoms with Gasteiger partial charge in [-0.25, -0.2) is 4.98 Å². The van der Waals surface area contributed by atoms with Gasteiger partial charge in [-0.05, 0) is 18.4 Å². The average molecular weight is 304 g/mol. The second-order valence-corrected chi connectivity index (χ2v) is 6.37. The number of nitrogens with two attached hydrogens (primary N) is 1. The van der Waals surface area contributed by atoms with E-state index in [1.807, 2.05) is 12.3 Å². The summed E-state index contributed by atoms with van der Waals surface area (Å²) in [7, 11) is 0. The summed E-state index contributed by atoms with van der Waals surface area (Å²) in [6.07, 6.45) is 4.18. The first kappa shape index (κ1) is 14.0. The number of hydrogen-bond acceptors (Lipinski definition) is 6. The maximum absolute atomic E-state index is 10.9. The van der Waals surface area contributed by atoms with E-state index in [4.69, 9.17) is 5.73 Å². The Morgan fingerprint density at radius 2 is 2.24 bits per heavy atom. The Morgan fingerprint density at radius 3 is 2.86 bits per heavy atom. The van der Waals surface area contributed by atoms with Crippen molar-refractivity contribution in [3.05, 3.63) is 51.0 Å². The highest BCUT2D eigenvalue weighted by Gasteiger charge is 2.29. The number of non-ortho nitro benzene ring substituents is 1. The zero-order valence-corrected chi connectivity index (χ0v) is 12.3. The number of rotatable bonds is 6. The van der Waals surface area contributed by atoms with Gasteiger partial charge >= 0.3 is 0 Å². The van der Waals surface area contributed by atoms with Crippen molar-refractivity contribution < 1.29 is 4.92 Å². The third-order valence-electron chi connectivity index (χ3n) is 3.50. The van der Waals surface area contributed by atoms with Crippen molar-refractivity contribution in [3.63, 3.8) is 0 Å². The van der Waals surface area contributed by atoms with Gasteiger partial charge in [0.1, 0.15) is 0 Å². The molecule has 6 nitrogen and oxygen atoms in total. The van der Waals surface area contributed by atoms with Crippen LogP contribution in [-0.2, 0) is 13.1 Å². The van der Waals surface area contributed by atoms with Crippen LogP contribution in [0.15, 0.2) is 30.5 Å². The lowest BCUT2D eigenvalue weighted by molar-refractivity contribution is -0.384. The molecule has 110 valence electrons. The van der Waals surface area contributed by atoms with Crippen molar-refractivity contribution in [2.24, 2.45) is 0 Å². The van der Waals surface area contributed by atoms with Gasteiger partial charge < -0.3 is 5.73 Å². The van der Waals surface area contributed by atoms with E-state index >= 15 is 0 Å². The van der Waals surface area contributed by atoms with Gasteiger partial charge in [0.15, 0.2) is 5.13 Å². The predicted molar refractivity (Wildman–Crippen MR) is 81.9 cm³/mol. The van der Waals surface area contributed by atoms with Crippen LogP contribution in [0.4, 0.5) is 10.8 Å². The fourth-order valence-corrected chi connectivity index (χ4v) is 3.06. The second-order valence-electron chi connectivity index (χ2n) is 5.23. The summed E-state index contributed by atoms with van der Waals surface area (Å²) in [6, 6.07) is 7.41. The minimum absolute atomic E-state index is 0.144. The molecule has 0 amide bonds. The van der Waals surface area contributed by atoms with Gasteiger partial charge in [-0.1, -0.05) is 12.1 Å². The highest BCUT2D eigenvalue weighted by molar-refractivity contribution is 7.15. The van der Waals surface area contributed by atoms with Crippen LogP contribution in [0.1, 0.15) is 23.3 Å². The fourth-order valence-electron chi connectivity index (χ4n) is 2.35. The van der Waals surface area contributed by atoms with E-state index < -0.39 is 0 Å². The van der Waals surface area contributed by atoms with Gasteiger partial charge in [-0.15, -0.1) is 11.3 Å². The summed E-state index contributed by atoms with van der Waals surface area (Å²) in [6.45, 7) is 1.51. The van der Waals surface area contributed by atoms with Gasteiger partial charge in [0.05, 0.1) is 4.92 Å². The molecule has 1 aliphatic rings.